The van der Waals surface area contributed by atoms with Gasteiger partial charge in [-0.05, 0) is 58.7 Å². The number of aliphatic hydroxyl groups excluding tert-OH is 1. The van der Waals surface area contributed by atoms with E-state index in [0.717, 1.165) is 17.4 Å². The second kappa shape index (κ2) is 12.2. The Morgan fingerprint density at radius 2 is 1.36 bits per heavy atom. The minimum Gasteiger partial charge on any atom is -0.506 e. The first kappa shape index (κ1) is 29.6. The third-order valence-corrected chi connectivity index (χ3v) is 8.19. The number of benzene rings is 6. The van der Waals surface area contributed by atoms with Crippen LogP contribution in [0.1, 0.15) is 16.7 Å². The van der Waals surface area contributed by atoms with E-state index in [1.54, 1.807) is 24.3 Å². The van der Waals surface area contributed by atoms with Gasteiger partial charge in [-0.2, -0.15) is 18.6 Å². The van der Waals surface area contributed by atoms with Crippen molar-refractivity contribution < 1.29 is 28.3 Å². The SMILES string of the molecule is O=S(=O)(O)c1cccc2ccc(N=Nc3cc(O)c(N=Nc4ccc5cc(Cc6ccccc6)ccc5c4O)cc3CO)cc12. The predicted octanol–water partition coefficient (Wildman–Crippen LogP) is 8.56. The van der Waals surface area contributed by atoms with Gasteiger partial charge in [0.15, 0.2) is 5.75 Å². The largest absolute Gasteiger partial charge is 0.506 e. The van der Waals surface area contributed by atoms with Crippen molar-refractivity contribution in [3.05, 3.63) is 126 Å². The molecule has 0 unspecified atom stereocenters. The summed E-state index contributed by atoms with van der Waals surface area (Å²) in [5.74, 6) is -0.342. The lowest BCUT2D eigenvalue weighted by atomic mass is 10.0. The molecule has 6 rings (SSSR count). The highest BCUT2D eigenvalue weighted by molar-refractivity contribution is 7.86. The average molecular weight is 619 g/mol. The van der Waals surface area contributed by atoms with Crippen LogP contribution < -0.4 is 0 Å². The van der Waals surface area contributed by atoms with Crippen LogP contribution in [0.2, 0.25) is 0 Å². The van der Waals surface area contributed by atoms with Gasteiger partial charge in [-0.1, -0.05) is 72.8 Å². The minimum atomic E-state index is -4.46. The summed E-state index contributed by atoms with van der Waals surface area (Å²) in [6.07, 6.45) is 0.762. The summed E-state index contributed by atoms with van der Waals surface area (Å²) >= 11 is 0. The third kappa shape index (κ3) is 6.41. The second-order valence-corrected chi connectivity index (χ2v) is 11.7. The molecule has 0 aliphatic carbocycles. The van der Waals surface area contributed by atoms with Gasteiger partial charge in [0.2, 0.25) is 0 Å². The van der Waals surface area contributed by atoms with E-state index in [9.17, 15) is 28.3 Å². The predicted molar refractivity (Wildman–Crippen MR) is 171 cm³/mol. The van der Waals surface area contributed by atoms with Crippen LogP contribution in [-0.2, 0) is 23.1 Å². The van der Waals surface area contributed by atoms with Crippen LogP contribution in [0.3, 0.4) is 0 Å². The number of nitrogens with zero attached hydrogens (tertiary/aromatic N) is 4. The molecular formula is C34H26N4O6S. The molecular weight excluding hydrogens is 592 g/mol. The molecule has 0 bridgehead atoms. The number of hydrogen-bond donors (Lipinski definition) is 4. The molecule has 0 atom stereocenters. The van der Waals surface area contributed by atoms with Gasteiger partial charge < -0.3 is 15.3 Å². The Kier molecular flexibility index (Phi) is 8.05. The second-order valence-electron chi connectivity index (χ2n) is 10.3. The van der Waals surface area contributed by atoms with Crippen LogP contribution in [0, 0.1) is 0 Å². The smallest absolute Gasteiger partial charge is 0.295 e. The van der Waals surface area contributed by atoms with Gasteiger partial charge in [0, 0.05) is 22.4 Å². The fraction of sp³-hybridized carbons (Fsp3) is 0.0588. The Labute approximate surface area is 258 Å². The average Bonchev–Trinajstić information content (AvgIpc) is 3.03. The highest BCUT2D eigenvalue weighted by Crippen LogP contribution is 2.39. The molecule has 0 saturated heterocycles. The first-order chi connectivity index (χ1) is 21.7. The topological polar surface area (TPSA) is 164 Å². The van der Waals surface area contributed by atoms with Gasteiger partial charge in [0.1, 0.15) is 22.0 Å². The maximum Gasteiger partial charge on any atom is 0.295 e. The molecule has 45 heavy (non-hydrogen) atoms. The summed E-state index contributed by atoms with van der Waals surface area (Å²) in [4.78, 5) is -0.259. The highest BCUT2D eigenvalue weighted by Gasteiger charge is 2.15. The van der Waals surface area contributed by atoms with Crippen molar-refractivity contribution in [1.82, 2.24) is 0 Å². The molecule has 4 N–H and O–H groups in total. The molecule has 0 spiro atoms. The number of aromatic hydroxyl groups is 2. The maximum atomic E-state index is 11.8. The van der Waals surface area contributed by atoms with Crippen LogP contribution in [0.15, 0.2) is 135 Å². The van der Waals surface area contributed by atoms with E-state index in [4.69, 9.17) is 0 Å². The molecule has 6 aromatic rings. The zero-order valence-corrected chi connectivity index (χ0v) is 24.4. The molecule has 0 saturated carbocycles. The third-order valence-electron chi connectivity index (χ3n) is 7.27. The van der Waals surface area contributed by atoms with Gasteiger partial charge >= 0.3 is 0 Å². The van der Waals surface area contributed by atoms with E-state index in [1.165, 1.54) is 35.9 Å². The Morgan fingerprint density at radius 1 is 0.600 bits per heavy atom. The lowest BCUT2D eigenvalue weighted by Crippen LogP contribution is -1.98. The van der Waals surface area contributed by atoms with E-state index in [-0.39, 0.29) is 44.5 Å². The number of fused-ring (bicyclic) bond motifs is 2. The van der Waals surface area contributed by atoms with Crippen LogP contribution >= 0.6 is 0 Å². The number of azo groups is 2. The summed E-state index contributed by atoms with van der Waals surface area (Å²) in [7, 11) is -4.46. The number of phenols is 2. The van der Waals surface area contributed by atoms with E-state index < -0.39 is 16.7 Å². The first-order valence-corrected chi connectivity index (χ1v) is 15.2. The normalized spacial score (nSPS) is 12.1. The summed E-state index contributed by atoms with van der Waals surface area (Å²) < 4.78 is 33.2. The molecule has 0 aliphatic heterocycles. The lowest BCUT2D eigenvalue weighted by molar-refractivity contribution is 0.282. The zero-order valence-electron chi connectivity index (χ0n) is 23.6. The van der Waals surface area contributed by atoms with E-state index in [1.807, 2.05) is 42.5 Å². The van der Waals surface area contributed by atoms with Gasteiger partial charge in [-0.25, -0.2) is 0 Å². The maximum absolute atomic E-state index is 11.8. The van der Waals surface area contributed by atoms with Crippen molar-refractivity contribution in [2.75, 3.05) is 0 Å². The number of rotatable bonds is 8. The van der Waals surface area contributed by atoms with Crippen molar-refractivity contribution in [1.29, 1.82) is 0 Å². The van der Waals surface area contributed by atoms with Gasteiger partial charge in [0.25, 0.3) is 10.1 Å². The number of hydrogen-bond acceptors (Lipinski definition) is 9. The monoisotopic (exact) mass is 618 g/mol. The molecule has 10 nitrogen and oxygen atoms in total. The molecule has 0 amide bonds. The van der Waals surface area contributed by atoms with Crippen LogP contribution in [0.4, 0.5) is 22.7 Å². The number of phenolic OH excluding ortho intramolecular Hbond substituents is 2. The van der Waals surface area contributed by atoms with Crippen LogP contribution in [-0.4, -0.2) is 28.3 Å². The highest BCUT2D eigenvalue weighted by atomic mass is 32.2. The molecule has 6 aromatic carbocycles. The van der Waals surface area contributed by atoms with E-state index in [2.05, 4.69) is 32.6 Å². The van der Waals surface area contributed by atoms with Crippen LogP contribution in [0.25, 0.3) is 21.5 Å². The molecule has 0 radical (unpaired) electrons. The summed E-state index contributed by atoms with van der Waals surface area (Å²) in [5, 5.41) is 50.3. The van der Waals surface area contributed by atoms with Crippen molar-refractivity contribution in [3.63, 3.8) is 0 Å². The van der Waals surface area contributed by atoms with E-state index >= 15 is 0 Å². The fourth-order valence-electron chi connectivity index (χ4n) is 5.02. The van der Waals surface area contributed by atoms with Crippen molar-refractivity contribution >= 4 is 54.4 Å². The van der Waals surface area contributed by atoms with Crippen LogP contribution in [0.5, 0.6) is 11.5 Å². The Balaban J connectivity index is 1.25. The van der Waals surface area contributed by atoms with Gasteiger partial charge in [-0.15, -0.1) is 10.2 Å². The Hall–Kier alpha value is -5.49. The summed E-state index contributed by atoms with van der Waals surface area (Å²) in [5.41, 5.74) is 3.25. The molecule has 0 aromatic heterocycles. The van der Waals surface area contributed by atoms with Gasteiger partial charge in [-0.3, -0.25) is 4.55 Å². The molecule has 0 fully saturated rings. The Bertz CT molecular complexity index is 2240. The van der Waals surface area contributed by atoms with Gasteiger partial charge in [0.05, 0.1) is 18.0 Å². The molecule has 0 heterocycles. The minimum absolute atomic E-state index is 0.0409. The first-order valence-electron chi connectivity index (χ1n) is 13.8. The van der Waals surface area contributed by atoms with Crippen molar-refractivity contribution in [3.8, 4) is 11.5 Å². The Morgan fingerprint density at radius 3 is 2.13 bits per heavy atom. The summed E-state index contributed by atoms with van der Waals surface area (Å²) in [6, 6.07) is 31.3. The lowest BCUT2D eigenvalue weighted by Gasteiger charge is -2.08. The number of aliphatic hydroxyl groups is 1. The molecule has 224 valence electrons. The van der Waals surface area contributed by atoms with E-state index in [0.29, 0.717) is 16.3 Å². The fourth-order valence-corrected chi connectivity index (χ4v) is 5.73. The van der Waals surface area contributed by atoms with Crippen molar-refractivity contribution in [2.24, 2.45) is 20.5 Å². The molecule has 11 heteroatoms. The molecule has 0 aliphatic rings. The standard InChI is InChI=1S/C34H26N4O6S/c39-20-25-17-31(32(40)19-30(25)37-35-26-12-10-23-7-4-8-33(28(23)18-26)45(42,43)44)38-36-29-14-11-24-16-22(9-13-27(24)34(29)41)15-21-5-2-1-3-6-21/h1-14,16-19,39-41H,15,20H2,(H,42,43,44). The quantitative estimate of drug-likeness (QED) is 0.0985. The summed E-state index contributed by atoms with van der Waals surface area (Å²) in [6.45, 7) is -0.450. The zero-order chi connectivity index (χ0) is 31.6. The van der Waals surface area contributed by atoms with Crippen molar-refractivity contribution in [2.45, 2.75) is 17.9 Å².